The summed E-state index contributed by atoms with van der Waals surface area (Å²) in [5.74, 6) is 0.769. The molecule has 0 bridgehead atoms. The van der Waals surface area contributed by atoms with Crippen LogP contribution in [0.25, 0.3) is 0 Å². The van der Waals surface area contributed by atoms with E-state index in [1.807, 2.05) is 11.4 Å². The number of carbonyl (C=O) groups excluding carboxylic acids is 1. The van der Waals surface area contributed by atoms with Gasteiger partial charge in [-0.05, 0) is 18.2 Å². The zero-order chi connectivity index (χ0) is 17.7. The molecular formula is C16H22F3N2O3+. The van der Waals surface area contributed by atoms with Gasteiger partial charge in [0.25, 0.3) is 5.91 Å². The fourth-order valence-corrected chi connectivity index (χ4v) is 3.08. The van der Waals surface area contributed by atoms with Crippen LogP contribution in [-0.2, 0) is 4.79 Å². The SMILES string of the molecule is COc1ccc(OC)c([C@H]2CCC[NH+]2CC(=O)NCC(F)(F)F)c1. The number of methoxy groups -OCH3 is 2. The molecule has 134 valence electrons. The van der Waals surface area contributed by atoms with Gasteiger partial charge in [-0.15, -0.1) is 0 Å². The summed E-state index contributed by atoms with van der Waals surface area (Å²) in [7, 11) is 3.13. The quantitative estimate of drug-likeness (QED) is 0.810. The van der Waals surface area contributed by atoms with Crippen molar-refractivity contribution in [3.8, 4) is 11.5 Å². The lowest BCUT2D eigenvalue weighted by Crippen LogP contribution is -3.11. The Balaban J connectivity index is 2.09. The highest BCUT2D eigenvalue weighted by atomic mass is 19.4. The van der Waals surface area contributed by atoms with Crippen LogP contribution in [0.3, 0.4) is 0 Å². The Morgan fingerprint density at radius 1 is 1.33 bits per heavy atom. The van der Waals surface area contributed by atoms with Crippen LogP contribution in [0.4, 0.5) is 13.2 Å². The molecule has 1 aliphatic heterocycles. The Labute approximate surface area is 138 Å². The summed E-state index contributed by atoms with van der Waals surface area (Å²) in [6, 6.07) is 5.44. The van der Waals surface area contributed by atoms with E-state index < -0.39 is 18.6 Å². The summed E-state index contributed by atoms with van der Waals surface area (Å²) in [4.78, 5) is 12.7. The summed E-state index contributed by atoms with van der Waals surface area (Å²) < 4.78 is 47.2. The van der Waals surface area contributed by atoms with Gasteiger partial charge in [-0.2, -0.15) is 13.2 Å². The van der Waals surface area contributed by atoms with Crippen molar-refractivity contribution in [1.82, 2.24) is 5.32 Å². The Morgan fingerprint density at radius 2 is 2.08 bits per heavy atom. The first kappa shape index (κ1) is 18.4. The molecule has 1 heterocycles. The van der Waals surface area contributed by atoms with Crippen LogP contribution >= 0.6 is 0 Å². The fourth-order valence-electron chi connectivity index (χ4n) is 3.08. The van der Waals surface area contributed by atoms with Gasteiger partial charge in [0.1, 0.15) is 24.1 Å². The minimum Gasteiger partial charge on any atom is -0.497 e. The molecule has 1 saturated heterocycles. The molecule has 2 N–H and O–H groups in total. The van der Waals surface area contributed by atoms with Gasteiger partial charge < -0.3 is 19.7 Å². The van der Waals surface area contributed by atoms with Crippen molar-refractivity contribution in [2.75, 3.05) is 33.9 Å². The van der Waals surface area contributed by atoms with Crippen LogP contribution < -0.4 is 19.7 Å². The minimum absolute atomic E-state index is 0.00110. The summed E-state index contributed by atoms with van der Waals surface area (Å²) in [5.41, 5.74) is 0.910. The minimum atomic E-state index is -4.40. The van der Waals surface area contributed by atoms with Crippen molar-refractivity contribution in [1.29, 1.82) is 0 Å². The Kier molecular flexibility index (Phi) is 5.93. The summed E-state index contributed by atoms with van der Waals surface area (Å²) in [5, 5.41) is 1.93. The normalized spacial score (nSPS) is 20.7. The maximum Gasteiger partial charge on any atom is 0.405 e. The molecule has 8 heteroatoms. The number of benzene rings is 1. The molecule has 0 aromatic heterocycles. The molecule has 0 radical (unpaired) electrons. The lowest BCUT2D eigenvalue weighted by molar-refractivity contribution is -0.910. The number of alkyl halides is 3. The largest absolute Gasteiger partial charge is 0.497 e. The van der Waals surface area contributed by atoms with Crippen LogP contribution in [0.15, 0.2) is 18.2 Å². The number of nitrogens with one attached hydrogen (secondary N) is 2. The van der Waals surface area contributed by atoms with Gasteiger partial charge in [0.2, 0.25) is 0 Å². The topological polar surface area (TPSA) is 52.0 Å². The van der Waals surface area contributed by atoms with E-state index in [-0.39, 0.29) is 12.6 Å². The Bertz CT molecular complexity index is 578. The second-order valence-corrected chi connectivity index (χ2v) is 5.78. The first-order chi connectivity index (χ1) is 11.3. The number of carbonyl (C=O) groups is 1. The van der Waals surface area contributed by atoms with Gasteiger partial charge in [-0.3, -0.25) is 4.79 Å². The van der Waals surface area contributed by atoms with E-state index in [4.69, 9.17) is 9.47 Å². The second kappa shape index (κ2) is 7.74. The average molecular weight is 347 g/mol. The number of likely N-dealkylation sites (tertiary alicyclic amines) is 1. The van der Waals surface area contributed by atoms with Crippen LogP contribution in [-0.4, -0.2) is 45.9 Å². The maximum atomic E-state index is 12.2. The Morgan fingerprint density at radius 3 is 2.71 bits per heavy atom. The van der Waals surface area contributed by atoms with Gasteiger partial charge in [0, 0.05) is 12.8 Å². The average Bonchev–Trinajstić information content (AvgIpc) is 2.99. The van der Waals surface area contributed by atoms with E-state index in [0.717, 1.165) is 29.8 Å². The zero-order valence-electron chi connectivity index (χ0n) is 13.7. The molecule has 1 fully saturated rings. The second-order valence-electron chi connectivity index (χ2n) is 5.78. The van der Waals surface area contributed by atoms with E-state index in [0.29, 0.717) is 11.5 Å². The molecule has 0 aliphatic carbocycles. The molecule has 1 unspecified atom stereocenters. The molecule has 1 amide bonds. The molecule has 0 saturated carbocycles. The molecule has 0 spiro atoms. The van der Waals surface area contributed by atoms with E-state index >= 15 is 0 Å². The summed E-state index contributed by atoms with van der Waals surface area (Å²) in [6.07, 6.45) is -2.66. The molecule has 2 rings (SSSR count). The number of hydrogen-bond donors (Lipinski definition) is 2. The van der Waals surface area contributed by atoms with Gasteiger partial charge in [-0.1, -0.05) is 0 Å². The van der Waals surface area contributed by atoms with Crippen molar-refractivity contribution in [3.63, 3.8) is 0 Å². The highest BCUT2D eigenvalue weighted by molar-refractivity contribution is 5.76. The fraction of sp³-hybridized carbons (Fsp3) is 0.562. The predicted octanol–water partition coefficient (Wildman–Crippen LogP) is 1.10. The molecular weight excluding hydrogens is 325 g/mol. The number of ether oxygens (including phenoxy) is 2. The van der Waals surface area contributed by atoms with Gasteiger partial charge in [-0.25, -0.2) is 0 Å². The van der Waals surface area contributed by atoms with Crippen molar-refractivity contribution >= 4 is 5.91 Å². The third-order valence-electron chi connectivity index (χ3n) is 4.17. The molecule has 1 aliphatic rings. The van der Waals surface area contributed by atoms with Crippen LogP contribution in [0, 0.1) is 0 Å². The molecule has 5 nitrogen and oxygen atoms in total. The smallest absolute Gasteiger partial charge is 0.405 e. The summed E-state index contributed by atoms with van der Waals surface area (Å²) in [6.45, 7) is -0.572. The lowest BCUT2D eigenvalue weighted by atomic mass is 10.0. The van der Waals surface area contributed by atoms with E-state index in [2.05, 4.69) is 0 Å². The van der Waals surface area contributed by atoms with Gasteiger partial charge in [0.15, 0.2) is 6.54 Å². The van der Waals surface area contributed by atoms with Crippen LogP contribution in [0.5, 0.6) is 11.5 Å². The van der Waals surface area contributed by atoms with Gasteiger partial charge in [0.05, 0.1) is 26.3 Å². The van der Waals surface area contributed by atoms with Crippen molar-refractivity contribution in [2.24, 2.45) is 0 Å². The van der Waals surface area contributed by atoms with Crippen molar-refractivity contribution in [2.45, 2.75) is 25.1 Å². The van der Waals surface area contributed by atoms with E-state index in [9.17, 15) is 18.0 Å². The van der Waals surface area contributed by atoms with Crippen LogP contribution in [0.2, 0.25) is 0 Å². The number of halogens is 3. The maximum absolute atomic E-state index is 12.2. The number of rotatable bonds is 6. The Hall–Kier alpha value is -1.96. The van der Waals surface area contributed by atoms with Crippen LogP contribution in [0.1, 0.15) is 24.4 Å². The van der Waals surface area contributed by atoms with E-state index in [1.54, 1.807) is 26.4 Å². The number of hydrogen-bond acceptors (Lipinski definition) is 3. The standard InChI is InChI=1S/C16H21F3N2O3/c1-23-11-5-6-14(24-2)12(8-11)13-4-3-7-21(13)9-15(22)20-10-16(17,18)19/h5-6,8,13H,3-4,7,9-10H2,1-2H3,(H,20,22)/p+1/t13-/m1/s1. The molecule has 1 aromatic rings. The highest BCUT2D eigenvalue weighted by Crippen LogP contribution is 2.31. The highest BCUT2D eigenvalue weighted by Gasteiger charge is 2.35. The lowest BCUT2D eigenvalue weighted by Gasteiger charge is -2.23. The predicted molar refractivity (Wildman–Crippen MR) is 81.3 cm³/mol. The first-order valence-corrected chi connectivity index (χ1v) is 7.74. The van der Waals surface area contributed by atoms with E-state index in [1.165, 1.54) is 0 Å². The van der Waals surface area contributed by atoms with Gasteiger partial charge >= 0.3 is 6.18 Å². The van der Waals surface area contributed by atoms with Crippen molar-refractivity contribution in [3.05, 3.63) is 23.8 Å². The first-order valence-electron chi connectivity index (χ1n) is 7.74. The number of amides is 1. The number of quaternary nitrogens is 1. The van der Waals surface area contributed by atoms with Crippen molar-refractivity contribution < 1.29 is 32.3 Å². The summed E-state index contributed by atoms with van der Waals surface area (Å²) >= 11 is 0. The zero-order valence-corrected chi connectivity index (χ0v) is 13.7. The monoisotopic (exact) mass is 347 g/mol. The molecule has 2 atom stereocenters. The third-order valence-corrected chi connectivity index (χ3v) is 4.17. The molecule has 24 heavy (non-hydrogen) atoms. The molecule has 1 aromatic carbocycles. The third kappa shape index (κ3) is 4.77.